The first kappa shape index (κ1) is 15.5. The summed E-state index contributed by atoms with van der Waals surface area (Å²) in [5.41, 5.74) is 7.59. The van der Waals surface area contributed by atoms with Crippen LogP contribution in [0.4, 0.5) is 0 Å². The zero-order chi connectivity index (χ0) is 14.7. The third-order valence-electron chi connectivity index (χ3n) is 5.28. The maximum atomic E-state index is 6.50. The Morgan fingerprint density at radius 3 is 2.52 bits per heavy atom. The first-order valence-corrected chi connectivity index (χ1v) is 9.13. The first-order valence-electron chi connectivity index (χ1n) is 8.34. The van der Waals surface area contributed by atoms with Gasteiger partial charge in [0.05, 0.1) is 11.7 Å². The van der Waals surface area contributed by atoms with Crippen LogP contribution in [0, 0.1) is 0 Å². The van der Waals surface area contributed by atoms with Crippen molar-refractivity contribution in [3.63, 3.8) is 0 Å². The number of benzene rings is 1. The first-order chi connectivity index (χ1) is 10.2. The molecule has 2 atom stereocenters. The number of halogens is 1. The largest absolute Gasteiger partial charge is 0.372 e. The summed E-state index contributed by atoms with van der Waals surface area (Å²) in [5.74, 6) is 0.418. The van der Waals surface area contributed by atoms with Crippen LogP contribution in [0.3, 0.4) is 0 Å². The number of ether oxygens (including phenoxy) is 1. The lowest BCUT2D eigenvalue weighted by Crippen LogP contribution is -2.32. The maximum Gasteiger partial charge on any atom is 0.0687 e. The molecule has 1 saturated heterocycles. The lowest BCUT2D eigenvalue weighted by molar-refractivity contribution is -0.0671. The van der Waals surface area contributed by atoms with E-state index in [9.17, 15) is 0 Å². The molecule has 2 N–H and O–H groups in total. The van der Waals surface area contributed by atoms with Gasteiger partial charge in [0.15, 0.2) is 0 Å². The van der Waals surface area contributed by atoms with Crippen LogP contribution in [0.1, 0.15) is 62.8 Å². The van der Waals surface area contributed by atoms with Crippen LogP contribution < -0.4 is 5.73 Å². The van der Waals surface area contributed by atoms with Gasteiger partial charge in [0.2, 0.25) is 0 Å². The minimum absolute atomic E-state index is 0.224. The highest BCUT2D eigenvalue weighted by Crippen LogP contribution is 2.43. The molecule has 2 nitrogen and oxygen atoms in total. The molecule has 2 unspecified atom stereocenters. The summed E-state index contributed by atoms with van der Waals surface area (Å²) < 4.78 is 7.63. The van der Waals surface area contributed by atoms with Crippen LogP contribution in [0.15, 0.2) is 28.7 Å². The topological polar surface area (TPSA) is 35.2 Å². The molecule has 1 aromatic carbocycles. The fourth-order valence-electron chi connectivity index (χ4n) is 4.05. The van der Waals surface area contributed by atoms with Gasteiger partial charge >= 0.3 is 0 Å². The highest BCUT2D eigenvalue weighted by molar-refractivity contribution is 9.10. The Kier molecular flexibility index (Phi) is 5.03. The van der Waals surface area contributed by atoms with Crippen LogP contribution in [0.2, 0.25) is 0 Å². The van der Waals surface area contributed by atoms with E-state index in [0.29, 0.717) is 18.6 Å². The summed E-state index contributed by atoms with van der Waals surface area (Å²) in [6.45, 7) is 0.703. The highest BCUT2D eigenvalue weighted by atomic mass is 79.9. The molecule has 1 spiro atoms. The van der Waals surface area contributed by atoms with Gasteiger partial charge in [0, 0.05) is 4.47 Å². The van der Waals surface area contributed by atoms with Crippen molar-refractivity contribution in [3.8, 4) is 0 Å². The van der Waals surface area contributed by atoms with Gasteiger partial charge in [0.25, 0.3) is 0 Å². The zero-order valence-corrected chi connectivity index (χ0v) is 14.3. The fraction of sp³-hybridized carbons (Fsp3) is 0.667. The van der Waals surface area contributed by atoms with E-state index in [2.05, 4.69) is 40.2 Å². The van der Waals surface area contributed by atoms with Gasteiger partial charge in [-0.1, -0.05) is 47.3 Å². The Morgan fingerprint density at radius 2 is 1.86 bits per heavy atom. The summed E-state index contributed by atoms with van der Waals surface area (Å²) in [7, 11) is 0. The predicted molar refractivity (Wildman–Crippen MR) is 90.5 cm³/mol. The monoisotopic (exact) mass is 351 g/mol. The Morgan fingerprint density at radius 1 is 1.14 bits per heavy atom. The van der Waals surface area contributed by atoms with Gasteiger partial charge in [0.1, 0.15) is 0 Å². The number of rotatable bonds is 4. The van der Waals surface area contributed by atoms with E-state index in [1.807, 2.05) is 0 Å². The van der Waals surface area contributed by atoms with Crippen molar-refractivity contribution in [2.75, 3.05) is 6.54 Å². The van der Waals surface area contributed by atoms with Gasteiger partial charge in [-0.2, -0.15) is 0 Å². The molecule has 1 aromatic rings. The standard InChI is InChI=1S/C18H26BrNO/c19-16-6-4-14(5-7-16)15(13-20)12-17-8-11-18(21-17)9-2-1-3-10-18/h4-7,15,17H,1-3,8-13,20H2. The smallest absolute Gasteiger partial charge is 0.0687 e. The molecular weight excluding hydrogens is 326 g/mol. The number of nitrogens with two attached hydrogens (primary N) is 1. The van der Waals surface area contributed by atoms with Crippen LogP contribution in [-0.2, 0) is 4.74 Å². The Balaban J connectivity index is 1.61. The molecule has 1 aliphatic carbocycles. The minimum atomic E-state index is 0.224. The van der Waals surface area contributed by atoms with Crippen molar-refractivity contribution in [3.05, 3.63) is 34.3 Å². The van der Waals surface area contributed by atoms with Crippen LogP contribution >= 0.6 is 15.9 Å². The molecule has 0 aromatic heterocycles. The molecule has 116 valence electrons. The summed E-state index contributed by atoms with van der Waals surface area (Å²) in [5, 5.41) is 0. The van der Waals surface area contributed by atoms with Crippen LogP contribution in [0.25, 0.3) is 0 Å². The van der Waals surface area contributed by atoms with E-state index in [1.54, 1.807) is 0 Å². The van der Waals surface area contributed by atoms with Crippen LogP contribution in [0.5, 0.6) is 0 Å². The van der Waals surface area contributed by atoms with Gasteiger partial charge in [-0.25, -0.2) is 0 Å². The molecule has 0 radical (unpaired) electrons. The van der Waals surface area contributed by atoms with Gasteiger partial charge in [-0.3, -0.25) is 0 Å². The highest BCUT2D eigenvalue weighted by Gasteiger charge is 2.41. The van der Waals surface area contributed by atoms with E-state index >= 15 is 0 Å². The summed E-state index contributed by atoms with van der Waals surface area (Å²) >= 11 is 3.50. The van der Waals surface area contributed by atoms with Crippen molar-refractivity contribution < 1.29 is 4.74 Å². The van der Waals surface area contributed by atoms with Crippen molar-refractivity contribution >= 4 is 15.9 Å². The molecule has 3 heteroatoms. The third kappa shape index (κ3) is 3.69. The van der Waals surface area contributed by atoms with E-state index < -0.39 is 0 Å². The molecule has 3 rings (SSSR count). The average molecular weight is 352 g/mol. The number of hydrogen-bond acceptors (Lipinski definition) is 2. The minimum Gasteiger partial charge on any atom is -0.372 e. The normalized spacial score (nSPS) is 26.1. The number of hydrogen-bond donors (Lipinski definition) is 1. The van der Waals surface area contributed by atoms with E-state index in [0.717, 1.165) is 10.9 Å². The molecule has 0 bridgehead atoms. The van der Waals surface area contributed by atoms with Gasteiger partial charge in [-0.15, -0.1) is 0 Å². The molecule has 1 saturated carbocycles. The molecule has 1 aliphatic heterocycles. The summed E-state index contributed by atoms with van der Waals surface area (Å²) in [4.78, 5) is 0. The zero-order valence-electron chi connectivity index (χ0n) is 12.7. The SMILES string of the molecule is NCC(CC1CCC2(CCCCC2)O1)c1ccc(Br)cc1. The molecule has 1 heterocycles. The Bertz CT molecular complexity index is 453. The van der Waals surface area contributed by atoms with Crippen molar-refractivity contribution in [1.29, 1.82) is 0 Å². The quantitative estimate of drug-likeness (QED) is 0.848. The fourth-order valence-corrected chi connectivity index (χ4v) is 4.31. The van der Waals surface area contributed by atoms with Crippen molar-refractivity contribution in [1.82, 2.24) is 0 Å². The van der Waals surface area contributed by atoms with Crippen molar-refractivity contribution in [2.24, 2.45) is 5.73 Å². The molecule has 0 amide bonds. The molecule has 2 fully saturated rings. The molecular formula is C18H26BrNO. The van der Waals surface area contributed by atoms with Gasteiger partial charge < -0.3 is 10.5 Å². The summed E-state index contributed by atoms with van der Waals surface area (Å²) in [6, 6.07) is 8.59. The second-order valence-corrected chi connectivity index (χ2v) is 7.66. The summed E-state index contributed by atoms with van der Waals surface area (Å²) in [6.07, 6.45) is 10.6. The lowest BCUT2D eigenvalue weighted by atomic mass is 9.83. The van der Waals surface area contributed by atoms with Crippen LogP contribution in [-0.4, -0.2) is 18.2 Å². The second kappa shape index (κ2) is 6.80. The molecule has 21 heavy (non-hydrogen) atoms. The van der Waals surface area contributed by atoms with E-state index in [4.69, 9.17) is 10.5 Å². The van der Waals surface area contributed by atoms with E-state index in [-0.39, 0.29) is 5.60 Å². The Hall–Kier alpha value is -0.380. The van der Waals surface area contributed by atoms with Gasteiger partial charge in [-0.05, 0) is 62.3 Å². The third-order valence-corrected chi connectivity index (χ3v) is 5.81. The van der Waals surface area contributed by atoms with E-state index in [1.165, 1.54) is 50.5 Å². The predicted octanol–water partition coefficient (Wildman–Crippen LogP) is 4.76. The average Bonchev–Trinajstić information content (AvgIpc) is 2.89. The Labute approximate surface area is 136 Å². The second-order valence-electron chi connectivity index (χ2n) is 6.74. The lowest BCUT2D eigenvalue weighted by Gasteiger charge is -2.33. The maximum absolute atomic E-state index is 6.50. The van der Waals surface area contributed by atoms with Crippen molar-refractivity contribution in [2.45, 2.75) is 69.0 Å². The molecule has 2 aliphatic rings.